The standard InChI is InChI=1S/C15H17Cl2NO3/c1-15(14(20)21)6-2-3-12(15)18-13(19)8-9-4-5-10(16)11(17)7-9/h4-5,7,12H,2-3,6,8H2,1H3,(H,18,19)(H,20,21). The van der Waals surface area contributed by atoms with Gasteiger partial charge in [0.2, 0.25) is 5.91 Å². The first-order valence-corrected chi connectivity index (χ1v) is 7.55. The Balaban J connectivity index is 2.01. The average Bonchev–Trinajstić information content (AvgIpc) is 2.77. The Hall–Kier alpha value is -1.26. The third-order valence-corrected chi connectivity index (χ3v) is 4.87. The Kier molecular flexibility index (Phi) is 4.79. The maximum absolute atomic E-state index is 12.1. The van der Waals surface area contributed by atoms with Crippen molar-refractivity contribution in [1.82, 2.24) is 5.32 Å². The first kappa shape index (κ1) is 16.1. The molecule has 4 nitrogen and oxygen atoms in total. The summed E-state index contributed by atoms with van der Waals surface area (Å²) in [7, 11) is 0. The number of carbonyl (C=O) groups excluding carboxylic acids is 1. The van der Waals surface area contributed by atoms with Gasteiger partial charge in [0.05, 0.1) is 21.9 Å². The Morgan fingerprint density at radius 2 is 2.10 bits per heavy atom. The van der Waals surface area contributed by atoms with Crippen LogP contribution in [-0.2, 0) is 16.0 Å². The fraction of sp³-hybridized carbons (Fsp3) is 0.467. The van der Waals surface area contributed by atoms with Crippen molar-refractivity contribution in [3.63, 3.8) is 0 Å². The number of amides is 1. The van der Waals surface area contributed by atoms with Crippen LogP contribution in [-0.4, -0.2) is 23.0 Å². The Labute approximate surface area is 133 Å². The normalized spacial score (nSPS) is 24.8. The van der Waals surface area contributed by atoms with E-state index in [1.54, 1.807) is 25.1 Å². The van der Waals surface area contributed by atoms with Crippen LogP contribution in [0.2, 0.25) is 10.0 Å². The number of hydrogen-bond acceptors (Lipinski definition) is 2. The summed E-state index contributed by atoms with van der Waals surface area (Å²) in [6.45, 7) is 1.69. The fourth-order valence-corrected chi connectivity index (χ4v) is 3.05. The Bertz CT molecular complexity index is 576. The molecule has 1 amide bonds. The lowest BCUT2D eigenvalue weighted by Crippen LogP contribution is -2.47. The second kappa shape index (κ2) is 6.24. The number of hydrogen-bond donors (Lipinski definition) is 2. The number of benzene rings is 1. The highest BCUT2D eigenvalue weighted by Gasteiger charge is 2.45. The van der Waals surface area contributed by atoms with Crippen LogP contribution in [0.25, 0.3) is 0 Å². The molecule has 2 N–H and O–H groups in total. The van der Waals surface area contributed by atoms with Crippen molar-refractivity contribution in [2.24, 2.45) is 5.41 Å². The second-order valence-corrected chi connectivity index (χ2v) is 6.47. The Morgan fingerprint density at radius 3 is 2.71 bits per heavy atom. The van der Waals surface area contributed by atoms with E-state index in [0.29, 0.717) is 22.9 Å². The molecule has 0 aromatic heterocycles. The minimum Gasteiger partial charge on any atom is -0.481 e. The van der Waals surface area contributed by atoms with Gasteiger partial charge in [-0.05, 0) is 37.5 Å². The molecule has 1 aromatic rings. The predicted octanol–water partition coefficient (Wildman–Crippen LogP) is 3.30. The van der Waals surface area contributed by atoms with E-state index in [4.69, 9.17) is 23.2 Å². The average molecular weight is 330 g/mol. The van der Waals surface area contributed by atoms with Gasteiger partial charge in [0.25, 0.3) is 0 Å². The topological polar surface area (TPSA) is 66.4 Å². The second-order valence-electron chi connectivity index (χ2n) is 5.66. The number of carbonyl (C=O) groups is 2. The molecule has 2 rings (SSSR count). The van der Waals surface area contributed by atoms with Gasteiger partial charge in [0.15, 0.2) is 0 Å². The van der Waals surface area contributed by atoms with Crippen LogP contribution < -0.4 is 5.32 Å². The van der Waals surface area contributed by atoms with E-state index in [1.807, 2.05) is 0 Å². The van der Waals surface area contributed by atoms with E-state index < -0.39 is 11.4 Å². The molecule has 0 aliphatic heterocycles. The summed E-state index contributed by atoms with van der Waals surface area (Å²) in [5, 5.41) is 13.0. The largest absolute Gasteiger partial charge is 0.481 e. The van der Waals surface area contributed by atoms with Gasteiger partial charge in [-0.1, -0.05) is 35.7 Å². The Morgan fingerprint density at radius 1 is 1.38 bits per heavy atom. The van der Waals surface area contributed by atoms with Gasteiger partial charge in [-0.2, -0.15) is 0 Å². The summed E-state index contributed by atoms with van der Waals surface area (Å²) in [6, 6.07) is 4.70. The maximum Gasteiger partial charge on any atom is 0.311 e. The highest BCUT2D eigenvalue weighted by atomic mass is 35.5. The molecule has 1 fully saturated rings. The van der Waals surface area contributed by atoms with E-state index in [2.05, 4.69) is 5.32 Å². The van der Waals surface area contributed by atoms with Crippen LogP contribution in [0.15, 0.2) is 18.2 Å². The quantitative estimate of drug-likeness (QED) is 0.890. The molecule has 2 unspecified atom stereocenters. The first-order chi connectivity index (χ1) is 9.83. The van der Waals surface area contributed by atoms with Gasteiger partial charge in [-0.3, -0.25) is 9.59 Å². The van der Waals surface area contributed by atoms with Gasteiger partial charge in [-0.15, -0.1) is 0 Å². The van der Waals surface area contributed by atoms with Crippen LogP contribution in [0.5, 0.6) is 0 Å². The van der Waals surface area contributed by atoms with Gasteiger partial charge in [0.1, 0.15) is 0 Å². The summed E-state index contributed by atoms with van der Waals surface area (Å²) in [5.74, 6) is -1.06. The van der Waals surface area contributed by atoms with Crippen molar-refractivity contribution >= 4 is 35.1 Å². The summed E-state index contributed by atoms with van der Waals surface area (Å²) in [5.41, 5.74) is -0.134. The van der Waals surface area contributed by atoms with Crippen molar-refractivity contribution in [3.05, 3.63) is 33.8 Å². The van der Waals surface area contributed by atoms with Crippen LogP contribution in [0, 0.1) is 5.41 Å². The van der Waals surface area contributed by atoms with Crippen molar-refractivity contribution in [1.29, 1.82) is 0 Å². The van der Waals surface area contributed by atoms with E-state index in [1.165, 1.54) is 0 Å². The zero-order chi connectivity index (χ0) is 15.6. The minimum atomic E-state index is -0.882. The zero-order valence-corrected chi connectivity index (χ0v) is 13.2. The van der Waals surface area contributed by atoms with Crippen molar-refractivity contribution in [2.75, 3.05) is 0 Å². The lowest BCUT2D eigenvalue weighted by molar-refractivity contribution is -0.149. The third kappa shape index (κ3) is 3.50. The lowest BCUT2D eigenvalue weighted by atomic mass is 9.85. The van der Waals surface area contributed by atoms with Crippen LogP contribution >= 0.6 is 23.2 Å². The molecular formula is C15H17Cl2NO3. The molecule has 21 heavy (non-hydrogen) atoms. The monoisotopic (exact) mass is 329 g/mol. The number of carboxylic acids is 1. The molecule has 0 heterocycles. The summed E-state index contributed by atoms with van der Waals surface area (Å²) < 4.78 is 0. The van der Waals surface area contributed by atoms with E-state index in [-0.39, 0.29) is 18.4 Å². The fourth-order valence-electron chi connectivity index (χ4n) is 2.73. The smallest absolute Gasteiger partial charge is 0.311 e. The lowest BCUT2D eigenvalue weighted by Gasteiger charge is -2.27. The highest BCUT2D eigenvalue weighted by Crippen LogP contribution is 2.38. The van der Waals surface area contributed by atoms with Crippen LogP contribution in [0.3, 0.4) is 0 Å². The number of nitrogens with one attached hydrogen (secondary N) is 1. The van der Waals surface area contributed by atoms with Crippen LogP contribution in [0.4, 0.5) is 0 Å². The van der Waals surface area contributed by atoms with Crippen molar-refractivity contribution in [3.8, 4) is 0 Å². The third-order valence-electron chi connectivity index (χ3n) is 4.13. The summed E-state index contributed by atoms with van der Waals surface area (Å²) >= 11 is 11.7. The van der Waals surface area contributed by atoms with E-state index >= 15 is 0 Å². The minimum absolute atomic E-state index is 0.156. The molecule has 6 heteroatoms. The SMILES string of the molecule is CC1(C(=O)O)CCCC1NC(=O)Cc1ccc(Cl)c(Cl)c1. The number of carboxylic acid groups (broad SMARTS) is 1. The summed E-state index contributed by atoms with van der Waals surface area (Å²) in [4.78, 5) is 23.5. The molecule has 1 saturated carbocycles. The molecule has 0 saturated heterocycles. The van der Waals surface area contributed by atoms with E-state index in [9.17, 15) is 14.7 Å². The molecular weight excluding hydrogens is 313 g/mol. The molecule has 2 atom stereocenters. The van der Waals surface area contributed by atoms with Crippen molar-refractivity contribution in [2.45, 2.75) is 38.6 Å². The molecule has 1 aliphatic carbocycles. The molecule has 0 bridgehead atoms. The maximum atomic E-state index is 12.1. The van der Waals surface area contributed by atoms with Gasteiger partial charge >= 0.3 is 5.97 Å². The molecule has 114 valence electrons. The zero-order valence-electron chi connectivity index (χ0n) is 11.7. The molecule has 0 radical (unpaired) electrons. The highest BCUT2D eigenvalue weighted by molar-refractivity contribution is 6.42. The van der Waals surface area contributed by atoms with Gasteiger partial charge in [-0.25, -0.2) is 0 Å². The van der Waals surface area contributed by atoms with Crippen LogP contribution in [0.1, 0.15) is 31.7 Å². The van der Waals surface area contributed by atoms with Crippen molar-refractivity contribution < 1.29 is 14.7 Å². The number of halogens is 2. The molecule has 1 aliphatic rings. The molecule has 0 spiro atoms. The van der Waals surface area contributed by atoms with E-state index in [0.717, 1.165) is 12.0 Å². The predicted molar refractivity (Wildman–Crippen MR) is 81.7 cm³/mol. The van der Waals surface area contributed by atoms with Gasteiger partial charge < -0.3 is 10.4 Å². The number of aliphatic carboxylic acids is 1. The molecule has 1 aromatic carbocycles. The first-order valence-electron chi connectivity index (χ1n) is 6.79. The number of rotatable bonds is 4. The summed E-state index contributed by atoms with van der Waals surface area (Å²) in [6.07, 6.45) is 2.24. The van der Waals surface area contributed by atoms with Gasteiger partial charge in [0, 0.05) is 6.04 Å².